The molecule has 0 aliphatic rings. The second-order valence-corrected chi connectivity index (χ2v) is 2.48. The Kier molecular flexibility index (Phi) is 2.93. The minimum absolute atomic E-state index is 0.147. The van der Waals surface area contributed by atoms with Crippen LogP contribution < -0.4 is 11.1 Å². The van der Waals surface area contributed by atoms with Crippen molar-refractivity contribution in [1.29, 1.82) is 0 Å². The highest BCUT2D eigenvalue weighted by Crippen LogP contribution is 1.83. The zero-order valence-corrected chi connectivity index (χ0v) is 6.67. The van der Waals surface area contributed by atoms with Crippen molar-refractivity contribution in [3.63, 3.8) is 0 Å². The minimum Gasteiger partial charge on any atom is -0.394 e. The fourth-order valence-electron chi connectivity index (χ4n) is 0.803. The molecular weight excluding hydrogens is 178 g/mol. The van der Waals surface area contributed by atoms with Crippen LogP contribution in [0.3, 0.4) is 0 Å². The van der Waals surface area contributed by atoms with Crippen molar-refractivity contribution < 1.29 is 10.2 Å². The fraction of sp³-hybridized carbons (Fsp3) is 0.500. The van der Waals surface area contributed by atoms with Crippen molar-refractivity contribution in [2.45, 2.75) is 12.6 Å². The van der Waals surface area contributed by atoms with Crippen molar-refractivity contribution in [3.8, 4) is 0 Å². The summed E-state index contributed by atoms with van der Waals surface area (Å²) in [5.41, 5.74) is -1.66. The summed E-state index contributed by atoms with van der Waals surface area (Å²) in [5, 5.41) is 22.8. The van der Waals surface area contributed by atoms with Crippen LogP contribution in [0.4, 0.5) is 0 Å². The molecule has 0 saturated carbocycles. The largest absolute Gasteiger partial charge is 0.394 e. The summed E-state index contributed by atoms with van der Waals surface area (Å²) >= 11 is 0. The Morgan fingerprint density at radius 1 is 1.62 bits per heavy atom. The molecule has 0 fully saturated rings. The van der Waals surface area contributed by atoms with E-state index < -0.39 is 23.8 Å². The molecule has 0 bridgehead atoms. The molecule has 0 spiro atoms. The SMILES string of the molecule is O=c1[nH]ncn(CC(O)CO)c1=O. The molecule has 0 amide bonds. The zero-order chi connectivity index (χ0) is 9.84. The number of aliphatic hydroxyl groups is 2. The molecule has 1 rings (SSSR count). The second-order valence-electron chi connectivity index (χ2n) is 2.48. The molecule has 0 aliphatic carbocycles. The summed E-state index contributed by atoms with van der Waals surface area (Å²) in [6, 6.07) is 0. The molecule has 7 heteroatoms. The summed E-state index contributed by atoms with van der Waals surface area (Å²) in [4.78, 5) is 21.7. The first-order valence-electron chi connectivity index (χ1n) is 3.58. The van der Waals surface area contributed by atoms with Crippen molar-refractivity contribution in [2.24, 2.45) is 0 Å². The molecule has 1 heterocycles. The average Bonchev–Trinajstić information content (AvgIpc) is 2.13. The van der Waals surface area contributed by atoms with Gasteiger partial charge in [0.25, 0.3) is 0 Å². The number of hydrogen-bond acceptors (Lipinski definition) is 5. The number of hydrogen-bond donors (Lipinski definition) is 3. The number of rotatable bonds is 3. The lowest BCUT2D eigenvalue weighted by molar-refractivity contribution is 0.0798. The van der Waals surface area contributed by atoms with E-state index in [1.807, 2.05) is 5.10 Å². The van der Waals surface area contributed by atoms with Gasteiger partial charge in [0, 0.05) is 0 Å². The van der Waals surface area contributed by atoms with Crippen LogP contribution in [0.15, 0.2) is 15.9 Å². The molecular formula is C6H9N3O4. The van der Waals surface area contributed by atoms with Gasteiger partial charge >= 0.3 is 11.1 Å². The van der Waals surface area contributed by atoms with Gasteiger partial charge in [0.2, 0.25) is 0 Å². The second kappa shape index (κ2) is 3.97. The van der Waals surface area contributed by atoms with Crippen LogP contribution in [0.1, 0.15) is 0 Å². The Balaban J connectivity index is 2.96. The molecule has 1 aromatic rings. The van der Waals surface area contributed by atoms with Gasteiger partial charge in [0.05, 0.1) is 19.3 Å². The van der Waals surface area contributed by atoms with E-state index in [1.54, 1.807) is 0 Å². The highest BCUT2D eigenvalue weighted by Gasteiger charge is 2.06. The molecule has 0 aromatic carbocycles. The number of aromatic nitrogens is 3. The third-order valence-electron chi connectivity index (χ3n) is 1.44. The van der Waals surface area contributed by atoms with Crippen LogP contribution in [0.25, 0.3) is 0 Å². The molecule has 13 heavy (non-hydrogen) atoms. The van der Waals surface area contributed by atoms with Gasteiger partial charge in [-0.3, -0.25) is 14.2 Å². The molecule has 1 aromatic heterocycles. The smallest absolute Gasteiger partial charge is 0.330 e. The van der Waals surface area contributed by atoms with Crippen LogP contribution in [0.2, 0.25) is 0 Å². The minimum atomic E-state index is -1.07. The fourth-order valence-corrected chi connectivity index (χ4v) is 0.803. The summed E-state index contributed by atoms with van der Waals surface area (Å²) in [6.07, 6.45) is 0.0177. The molecule has 0 radical (unpaired) electrons. The average molecular weight is 187 g/mol. The third-order valence-corrected chi connectivity index (χ3v) is 1.44. The number of nitrogens with one attached hydrogen (secondary N) is 1. The van der Waals surface area contributed by atoms with Gasteiger partial charge in [0.15, 0.2) is 0 Å². The molecule has 0 saturated heterocycles. The molecule has 72 valence electrons. The highest BCUT2D eigenvalue weighted by atomic mass is 16.3. The summed E-state index contributed by atoms with van der Waals surface area (Å²) in [7, 11) is 0. The van der Waals surface area contributed by atoms with Gasteiger partial charge in [-0.15, -0.1) is 0 Å². The molecule has 1 atom stereocenters. The van der Waals surface area contributed by atoms with E-state index in [4.69, 9.17) is 10.2 Å². The maximum atomic E-state index is 11.0. The van der Waals surface area contributed by atoms with E-state index in [0.29, 0.717) is 0 Å². The van der Waals surface area contributed by atoms with Crippen LogP contribution in [0, 0.1) is 0 Å². The summed E-state index contributed by atoms with van der Waals surface area (Å²) in [6.45, 7) is -0.620. The topological polar surface area (TPSA) is 108 Å². The summed E-state index contributed by atoms with van der Waals surface area (Å²) in [5.74, 6) is 0. The Labute approximate surface area is 72.3 Å². The van der Waals surface area contributed by atoms with Crippen molar-refractivity contribution in [3.05, 3.63) is 27.0 Å². The Morgan fingerprint density at radius 2 is 2.31 bits per heavy atom. The van der Waals surface area contributed by atoms with Crippen LogP contribution in [-0.2, 0) is 6.54 Å². The lowest BCUT2D eigenvalue weighted by Crippen LogP contribution is -2.39. The van der Waals surface area contributed by atoms with Crippen molar-refractivity contribution >= 4 is 0 Å². The number of nitrogens with zero attached hydrogens (tertiary/aromatic N) is 2. The van der Waals surface area contributed by atoms with Crippen LogP contribution >= 0.6 is 0 Å². The maximum Gasteiger partial charge on any atom is 0.330 e. The molecule has 0 aliphatic heterocycles. The van der Waals surface area contributed by atoms with Crippen LogP contribution in [-0.4, -0.2) is 37.7 Å². The predicted octanol–water partition coefficient (Wildman–Crippen LogP) is -2.72. The Bertz CT molecular complexity index is 382. The Morgan fingerprint density at radius 3 is 2.92 bits per heavy atom. The quantitative estimate of drug-likeness (QED) is 0.446. The van der Waals surface area contributed by atoms with E-state index in [2.05, 4.69) is 5.10 Å². The number of aromatic amines is 1. The van der Waals surface area contributed by atoms with Gasteiger partial charge in [0.1, 0.15) is 6.33 Å². The molecule has 1 unspecified atom stereocenters. The standard InChI is InChI=1S/C6H9N3O4/c10-2-4(11)1-9-3-7-8-5(12)6(9)13/h3-4,10-11H,1-2H2,(H,8,12). The maximum absolute atomic E-state index is 11.0. The van der Waals surface area contributed by atoms with Gasteiger partial charge in [-0.2, -0.15) is 5.10 Å². The number of H-pyrrole nitrogens is 1. The first-order valence-corrected chi connectivity index (χ1v) is 3.58. The normalized spacial score (nSPS) is 12.8. The van der Waals surface area contributed by atoms with Gasteiger partial charge in [-0.1, -0.05) is 0 Å². The van der Waals surface area contributed by atoms with E-state index in [-0.39, 0.29) is 6.54 Å². The number of aliphatic hydroxyl groups excluding tert-OH is 2. The lowest BCUT2D eigenvalue weighted by atomic mass is 10.4. The first kappa shape index (κ1) is 9.62. The Hall–Kier alpha value is -1.47. The van der Waals surface area contributed by atoms with Crippen molar-refractivity contribution in [2.75, 3.05) is 6.61 Å². The predicted molar refractivity (Wildman–Crippen MR) is 42.2 cm³/mol. The van der Waals surface area contributed by atoms with Gasteiger partial charge in [-0.05, 0) is 0 Å². The van der Waals surface area contributed by atoms with E-state index >= 15 is 0 Å². The van der Waals surface area contributed by atoms with Gasteiger partial charge < -0.3 is 10.2 Å². The first-order chi connectivity index (χ1) is 6.15. The lowest BCUT2D eigenvalue weighted by Gasteiger charge is -2.07. The van der Waals surface area contributed by atoms with E-state index in [9.17, 15) is 9.59 Å². The summed E-state index contributed by atoms with van der Waals surface area (Å²) < 4.78 is 0.930. The van der Waals surface area contributed by atoms with E-state index in [1.165, 1.54) is 0 Å². The van der Waals surface area contributed by atoms with Gasteiger partial charge in [-0.25, -0.2) is 5.10 Å². The zero-order valence-electron chi connectivity index (χ0n) is 6.67. The van der Waals surface area contributed by atoms with Crippen LogP contribution in [0.5, 0.6) is 0 Å². The third kappa shape index (κ3) is 2.23. The molecule has 3 N–H and O–H groups in total. The molecule has 7 nitrogen and oxygen atoms in total. The van der Waals surface area contributed by atoms with Crippen molar-refractivity contribution in [1.82, 2.24) is 14.8 Å². The highest BCUT2D eigenvalue weighted by molar-refractivity contribution is 4.75. The van der Waals surface area contributed by atoms with E-state index in [0.717, 1.165) is 10.9 Å². The monoisotopic (exact) mass is 187 g/mol.